The molecule has 49 valence electrons. The Hall–Kier alpha value is -1.11. The summed E-state index contributed by atoms with van der Waals surface area (Å²) < 4.78 is 0. The lowest BCUT2D eigenvalue weighted by molar-refractivity contribution is 1.28. The second-order valence-corrected chi connectivity index (χ2v) is 2.61. The Balaban J connectivity index is 2.59. The lowest BCUT2D eigenvalue weighted by atomic mass is 10.1. The molecule has 0 unspecified atom stereocenters. The summed E-state index contributed by atoms with van der Waals surface area (Å²) in [5.41, 5.74) is 4.83. The molecule has 1 aliphatic carbocycles. The van der Waals surface area contributed by atoms with E-state index in [4.69, 9.17) is 0 Å². The zero-order valence-corrected chi connectivity index (χ0v) is 6.10. The molecule has 0 spiro atoms. The maximum Gasteiger partial charge on any atom is 0.0975 e. The lowest BCUT2D eigenvalue weighted by Gasteiger charge is -1.96. The number of hydrogen-bond donors (Lipinski definition) is 0. The summed E-state index contributed by atoms with van der Waals surface area (Å²) in [5.74, 6) is 0. The molecule has 0 saturated heterocycles. The van der Waals surface area contributed by atoms with Gasteiger partial charge in [0.2, 0.25) is 0 Å². The van der Waals surface area contributed by atoms with E-state index in [0.717, 1.165) is 11.3 Å². The minimum atomic E-state index is 1.09. The number of aliphatic imine (C=N–C) groups is 1. The molecule has 2 aliphatic rings. The summed E-state index contributed by atoms with van der Waals surface area (Å²) in [6, 6.07) is 0. The molecule has 0 N–H and O–H groups in total. The monoisotopic (exact) mass is 130 g/mol. The summed E-state index contributed by atoms with van der Waals surface area (Å²) in [6.45, 7) is 4.12. The van der Waals surface area contributed by atoms with E-state index < -0.39 is 0 Å². The molecule has 0 atom stereocenters. The van der Waals surface area contributed by atoms with E-state index in [1.807, 2.05) is 6.92 Å². The zero-order valence-electron chi connectivity index (χ0n) is 6.10. The number of rotatable bonds is 0. The van der Waals surface area contributed by atoms with Crippen molar-refractivity contribution in [2.75, 3.05) is 0 Å². The van der Waals surface area contributed by atoms with Gasteiger partial charge in [-0.1, -0.05) is 12.2 Å². The molecule has 1 aliphatic heterocycles. The van der Waals surface area contributed by atoms with Gasteiger partial charge >= 0.3 is 0 Å². The first-order valence-corrected chi connectivity index (χ1v) is 3.36. The van der Waals surface area contributed by atoms with Crippen molar-refractivity contribution in [2.24, 2.45) is 4.99 Å². The molecular formula is C9H8N. The van der Waals surface area contributed by atoms with Crippen LogP contribution >= 0.6 is 0 Å². The maximum atomic E-state index is 4.09. The largest absolute Gasteiger partial charge is 0.250 e. The molecule has 0 aromatic carbocycles. The van der Waals surface area contributed by atoms with Gasteiger partial charge in [0.15, 0.2) is 0 Å². The van der Waals surface area contributed by atoms with E-state index >= 15 is 0 Å². The highest BCUT2D eigenvalue weighted by atomic mass is 14.8. The van der Waals surface area contributed by atoms with Crippen molar-refractivity contribution >= 4 is 6.21 Å². The molecule has 0 amide bonds. The molecule has 0 aromatic heterocycles. The molecule has 10 heavy (non-hydrogen) atoms. The van der Waals surface area contributed by atoms with E-state index in [0.29, 0.717) is 0 Å². The zero-order chi connectivity index (χ0) is 7.14. The molecule has 0 aromatic rings. The third-order valence-corrected chi connectivity index (χ3v) is 1.87. The van der Waals surface area contributed by atoms with Gasteiger partial charge in [-0.15, -0.1) is 0 Å². The van der Waals surface area contributed by atoms with Gasteiger partial charge in [0.1, 0.15) is 0 Å². The predicted molar refractivity (Wildman–Crippen MR) is 42.0 cm³/mol. The minimum absolute atomic E-state index is 1.09. The Morgan fingerprint density at radius 2 is 2.10 bits per heavy atom. The van der Waals surface area contributed by atoms with Crippen LogP contribution in [0.15, 0.2) is 39.6 Å². The van der Waals surface area contributed by atoms with Crippen molar-refractivity contribution in [3.63, 3.8) is 0 Å². The predicted octanol–water partition coefficient (Wildman–Crippen LogP) is 2.11. The summed E-state index contributed by atoms with van der Waals surface area (Å²) in [6.07, 6.45) is 7.13. The first-order valence-electron chi connectivity index (χ1n) is 3.36. The molecule has 0 bridgehead atoms. The van der Waals surface area contributed by atoms with Crippen molar-refractivity contribution in [1.82, 2.24) is 0 Å². The van der Waals surface area contributed by atoms with Crippen LogP contribution in [0.5, 0.6) is 0 Å². The molecular weight excluding hydrogens is 122 g/mol. The number of hydrogen-bond acceptors (Lipinski definition) is 1. The average Bonchev–Trinajstić information content (AvgIpc) is 2.40. The van der Waals surface area contributed by atoms with E-state index in [-0.39, 0.29) is 0 Å². The van der Waals surface area contributed by atoms with Crippen molar-refractivity contribution in [1.29, 1.82) is 0 Å². The van der Waals surface area contributed by atoms with E-state index in [9.17, 15) is 0 Å². The maximum absolute atomic E-state index is 4.09. The highest BCUT2D eigenvalue weighted by molar-refractivity contribution is 5.93. The summed E-state index contributed by atoms with van der Waals surface area (Å²) in [4.78, 5) is 4.09. The Bertz CT molecular complexity index is 301. The third-order valence-electron chi connectivity index (χ3n) is 1.87. The Kier molecular flexibility index (Phi) is 0.956. The van der Waals surface area contributed by atoms with Crippen LogP contribution in [0.3, 0.4) is 0 Å². The number of nitrogens with zero attached hydrogens (tertiary/aromatic N) is 1. The van der Waals surface area contributed by atoms with Gasteiger partial charge in [-0.3, -0.25) is 4.99 Å². The molecule has 0 fully saturated rings. The highest BCUT2D eigenvalue weighted by Gasteiger charge is 2.17. The number of allylic oxidation sites excluding steroid dienone is 6. The van der Waals surface area contributed by atoms with Crippen LogP contribution in [0, 0.1) is 0 Å². The first-order chi connectivity index (χ1) is 4.79. The third kappa shape index (κ3) is 0.548. The highest BCUT2D eigenvalue weighted by Crippen LogP contribution is 2.31. The Labute approximate surface area is 60.5 Å². The molecule has 1 radical (unpaired) electrons. The minimum Gasteiger partial charge on any atom is -0.250 e. The summed E-state index contributed by atoms with van der Waals surface area (Å²) in [7, 11) is 0. The quantitative estimate of drug-likeness (QED) is 0.476. The van der Waals surface area contributed by atoms with E-state index in [1.165, 1.54) is 11.1 Å². The van der Waals surface area contributed by atoms with Gasteiger partial charge < -0.3 is 0 Å². The fourth-order valence-corrected chi connectivity index (χ4v) is 1.36. The van der Waals surface area contributed by atoms with Crippen molar-refractivity contribution < 1.29 is 0 Å². The normalized spacial score (nSPS) is 21.4. The fraction of sp³-hybridized carbons (Fsp3) is 0.222. The van der Waals surface area contributed by atoms with Gasteiger partial charge in [0.25, 0.3) is 0 Å². The van der Waals surface area contributed by atoms with E-state index in [1.54, 1.807) is 0 Å². The first kappa shape index (κ1) is 5.66. The van der Waals surface area contributed by atoms with E-state index in [2.05, 4.69) is 30.3 Å². The second-order valence-electron chi connectivity index (χ2n) is 2.61. The standard InChI is InChI=1S/C9H8N/c1-6-3-4-8-5-10-7(2)9(6)8/h3-4H,1-2H3. The molecule has 0 saturated carbocycles. The van der Waals surface area contributed by atoms with Crippen LogP contribution in [0.1, 0.15) is 13.8 Å². The molecule has 1 heterocycles. The van der Waals surface area contributed by atoms with Crippen LogP contribution in [0.2, 0.25) is 0 Å². The second kappa shape index (κ2) is 1.69. The van der Waals surface area contributed by atoms with Crippen molar-refractivity contribution in [2.45, 2.75) is 13.8 Å². The number of fused-ring (bicyclic) bond motifs is 1. The summed E-state index contributed by atoms with van der Waals surface area (Å²) >= 11 is 0. The lowest BCUT2D eigenvalue weighted by Crippen LogP contribution is -1.82. The van der Waals surface area contributed by atoms with Crippen molar-refractivity contribution in [3.8, 4) is 0 Å². The van der Waals surface area contributed by atoms with Gasteiger partial charge in [0.05, 0.1) is 6.21 Å². The van der Waals surface area contributed by atoms with Gasteiger partial charge in [-0.25, -0.2) is 0 Å². The van der Waals surface area contributed by atoms with Crippen LogP contribution < -0.4 is 0 Å². The summed E-state index contributed by atoms with van der Waals surface area (Å²) in [5, 5.41) is 0. The van der Waals surface area contributed by atoms with Gasteiger partial charge in [0, 0.05) is 16.8 Å². The van der Waals surface area contributed by atoms with Gasteiger partial charge in [-0.05, 0) is 19.4 Å². The van der Waals surface area contributed by atoms with Crippen LogP contribution in [0.25, 0.3) is 0 Å². The van der Waals surface area contributed by atoms with Crippen LogP contribution in [-0.4, -0.2) is 6.21 Å². The van der Waals surface area contributed by atoms with Crippen LogP contribution in [-0.2, 0) is 0 Å². The van der Waals surface area contributed by atoms with Crippen LogP contribution in [0.4, 0.5) is 0 Å². The Morgan fingerprint density at radius 3 is 2.80 bits per heavy atom. The Morgan fingerprint density at radius 1 is 1.30 bits per heavy atom. The molecule has 2 rings (SSSR count). The topological polar surface area (TPSA) is 12.4 Å². The van der Waals surface area contributed by atoms with Crippen molar-refractivity contribution in [3.05, 3.63) is 34.6 Å². The molecule has 1 nitrogen and oxygen atoms in total. The SMILES string of the molecule is CC1=CC=C2[C]=NC(C)=C12. The smallest absolute Gasteiger partial charge is 0.0975 e. The molecule has 1 heteroatoms. The van der Waals surface area contributed by atoms with Gasteiger partial charge in [-0.2, -0.15) is 0 Å². The fourth-order valence-electron chi connectivity index (χ4n) is 1.36. The average molecular weight is 130 g/mol.